The van der Waals surface area contributed by atoms with Gasteiger partial charge in [0.05, 0.1) is 0 Å². The number of rotatable bonds is 5. The molecule has 0 bridgehead atoms. The van der Waals surface area contributed by atoms with Crippen LogP contribution in [0.1, 0.15) is 11.4 Å². The first-order valence-corrected chi connectivity index (χ1v) is 9.90. The summed E-state index contributed by atoms with van der Waals surface area (Å²) < 4.78 is 1.81. The van der Waals surface area contributed by atoms with Crippen LogP contribution in [0, 0.1) is 13.8 Å². The highest BCUT2D eigenvalue weighted by atomic mass is 35.5. The summed E-state index contributed by atoms with van der Waals surface area (Å²) in [6.45, 7) is 3.68. The third kappa shape index (κ3) is 4.99. The molecule has 4 aromatic rings. The molecule has 9 heteroatoms. The number of aromatic nitrogens is 4. The topological polar surface area (TPSA) is 96.8 Å². The third-order valence-electron chi connectivity index (χ3n) is 4.52. The molecule has 2 heterocycles. The molecule has 0 spiro atoms. The van der Waals surface area contributed by atoms with Crippen molar-refractivity contribution in [1.29, 1.82) is 0 Å². The molecule has 0 fully saturated rings. The van der Waals surface area contributed by atoms with Gasteiger partial charge in [-0.3, -0.25) is 4.57 Å². The van der Waals surface area contributed by atoms with Crippen LogP contribution in [0.15, 0.2) is 67.3 Å². The largest absolute Gasteiger partial charge is 0.340 e. The van der Waals surface area contributed by atoms with Crippen molar-refractivity contribution in [3.8, 4) is 5.82 Å². The van der Waals surface area contributed by atoms with Crippen molar-refractivity contribution < 1.29 is 4.79 Å². The Kier molecular flexibility index (Phi) is 5.81. The Bertz CT molecular complexity index is 1210. The number of hydrogen-bond donors (Lipinski definition) is 3. The van der Waals surface area contributed by atoms with Crippen LogP contribution in [0.3, 0.4) is 0 Å². The number of amides is 2. The molecule has 0 saturated heterocycles. The minimum Gasteiger partial charge on any atom is -0.340 e. The molecule has 2 aromatic carbocycles. The number of benzene rings is 2. The van der Waals surface area contributed by atoms with Gasteiger partial charge in [0.2, 0.25) is 0 Å². The molecule has 0 aliphatic rings. The molecule has 156 valence electrons. The number of nitrogens with zero attached hydrogens (tertiary/aromatic N) is 4. The maximum absolute atomic E-state index is 12.3. The van der Waals surface area contributed by atoms with Crippen molar-refractivity contribution in [1.82, 2.24) is 19.5 Å². The number of hydrogen-bond acceptors (Lipinski definition) is 5. The van der Waals surface area contributed by atoms with E-state index in [1.54, 1.807) is 42.9 Å². The zero-order valence-corrected chi connectivity index (χ0v) is 17.7. The lowest BCUT2D eigenvalue weighted by molar-refractivity contribution is 0.262. The first-order valence-electron chi connectivity index (χ1n) is 9.52. The van der Waals surface area contributed by atoms with Gasteiger partial charge < -0.3 is 16.0 Å². The van der Waals surface area contributed by atoms with Crippen LogP contribution in [-0.4, -0.2) is 25.6 Å². The van der Waals surface area contributed by atoms with E-state index in [0.29, 0.717) is 28.0 Å². The predicted molar refractivity (Wildman–Crippen MR) is 122 cm³/mol. The van der Waals surface area contributed by atoms with Crippen LogP contribution in [-0.2, 0) is 0 Å². The SMILES string of the molecule is Cc1nc(Nc2ccc(NC(=O)Nc3cccc(Cl)c3C)cc2)cc(-n2ccnc2)n1. The second kappa shape index (κ2) is 8.85. The highest BCUT2D eigenvalue weighted by Crippen LogP contribution is 2.23. The van der Waals surface area contributed by atoms with Gasteiger partial charge in [0.1, 0.15) is 23.8 Å². The van der Waals surface area contributed by atoms with E-state index in [2.05, 4.69) is 30.9 Å². The second-order valence-electron chi connectivity index (χ2n) is 6.82. The number of carbonyl (C=O) groups excluding carboxylic acids is 1. The van der Waals surface area contributed by atoms with Crippen LogP contribution in [0.4, 0.5) is 27.7 Å². The van der Waals surface area contributed by atoms with E-state index in [-0.39, 0.29) is 6.03 Å². The van der Waals surface area contributed by atoms with E-state index < -0.39 is 0 Å². The quantitative estimate of drug-likeness (QED) is 0.395. The van der Waals surface area contributed by atoms with Gasteiger partial charge in [0, 0.05) is 40.5 Å². The summed E-state index contributed by atoms with van der Waals surface area (Å²) in [6, 6.07) is 14.2. The lowest BCUT2D eigenvalue weighted by atomic mass is 10.2. The van der Waals surface area contributed by atoms with Crippen molar-refractivity contribution >= 4 is 40.5 Å². The lowest BCUT2D eigenvalue weighted by Gasteiger charge is -2.12. The number of nitrogens with one attached hydrogen (secondary N) is 3. The maximum atomic E-state index is 12.3. The highest BCUT2D eigenvalue weighted by molar-refractivity contribution is 6.31. The van der Waals surface area contributed by atoms with Gasteiger partial charge in [0.15, 0.2) is 0 Å². The van der Waals surface area contributed by atoms with E-state index in [1.807, 2.05) is 42.8 Å². The molecule has 0 unspecified atom stereocenters. The average Bonchev–Trinajstić information content (AvgIpc) is 3.27. The normalized spacial score (nSPS) is 10.5. The van der Waals surface area contributed by atoms with Gasteiger partial charge in [-0.1, -0.05) is 17.7 Å². The predicted octanol–water partition coefficient (Wildman–Crippen LogP) is 5.32. The summed E-state index contributed by atoms with van der Waals surface area (Å²) in [5.74, 6) is 2.02. The van der Waals surface area contributed by atoms with E-state index in [4.69, 9.17) is 11.6 Å². The summed E-state index contributed by atoms with van der Waals surface area (Å²) in [7, 11) is 0. The number of urea groups is 1. The van der Waals surface area contributed by atoms with Crippen LogP contribution in [0.2, 0.25) is 5.02 Å². The zero-order valence-electron chi connectivity index (χ0n) is 16.9. The minimum atomic E-state index is -0.345. The Balaban J connectivity index is 1.42. The van der Waals surface area contributed by atoms with E-state index >= 15 is 0 Å². The maximum Gasteiger partial charge on any atom is 0.323 e. The van der Waals surface area contributed by atoms with E-state index in [9.17, 15) is 4.79 Å². The lowest BCUT2D eigenvalue weighted by Crippen LogP contribution is -2.19. The molecule has 4 rings (SSSR count). The fraction of sp³-hybridized carbons (Fsp3) is 0.0909. The van der Waals surface area contributed by atoms with E-state index in [0.717, 1.165) is 17.1 Å². The van der Waals surface area contributed by atoms with Gasteiger partial charge in [-0.05, 0) is 55.8 Å². The fourth-order valence-corrected chi connectivity index (χ4v) is 3.13. The van der Waals surface area contributed by atoms with Crippen molar-refractivity contribution in [3.05, 3.63) is 83.7 Å². The van der Waals surface area contributed by atoms with Crippen molar-refractivity contribution in [2.75, 3.05) is 16.0 Å². The summed E-state index contributed by atoms with van der Waals surface area (Å²) in [5.41, 5.74) is 2.96. The van der Waals surface area contributed by atoms with E-state index in [1.165, 1.54) is 0 Å². The molecule has 2 aromatic heterocycles. The molecule has 31 heavy (non-hydrogen) atoms. The van der Waals surface area contributed by atoms with Crippen molar-refractivity contribution in [3.63, 3.8) is 0 Å². The zero-order chi connectivity index (χ0) is 21.8. The Labute approximate surface area is 184 Å². The van der Waals surface area contributed by atoms with Gasteiger partial charge >= 0.3 is 6.03 Å². The molecule has 8 nitrogen and oxygen atoms in total. The Hall–Kier alpha value is -3.91. The molecule has 0 atom stereocenters. The first kappa shape index (κ1) is 20.4. The molecule has 3 N–H and O–H groups in total. The number of halogens is 1. The van der Waals surface area contributed by atoms with Crippen LogP contribution in [0.25, 0.3) is 5.82 Å². The van der Waals surface area contributed by atoms with Gasteiger partial charge in [0.25, 0.3) is 0 Å². The van der Waals surface area contributed by atoms with Crippen molar-refractivity contribution in [2.45, 2.75) is 13.8 Å². The summed E-state index contributed by atoms with van der Waals surface area (Å²) in [5, 5.41) is 9.47. The molecule has 0 saturated carbocycles. The molecule has 0 aliphatic heterocycles. The van der Waals surface area contributed by atoms with Crippen molar-refractivity contribution in [2.24, 2.45) is 0 Å². The monoisotopic (exact) mass is 433 g/mol. The highest BCUT2D eigenvalue weighted by Gasteiger charge is 2.08. The molecular weight excluding hydrogens is 414 g/mol. The Morgan fingerprint density at radius 2 is 1.77 bits per heavy atom. The number of aryl methyl sites for hydroxylation is 1. The smallest absolute Gasteiger partial charge is 0.323 e. The fourth-order valence-electron chi connectivity index (χ4n) is 2.96. The Morgan fingerprint density at radius 1 is 1.00 bits per heavy atom. The van der Waals surface area contributed by atoms with Gasteiger partial charge in [-0.15, -0.1) is 0 Å². The first-order chi connectivity index (χ1) is 15.0. The second-order valence-corrected chi connectivity index (χ2v) is 7.23. The van der Waals surface area contributed by atoms with Gasteiger partial charge in [-0.25, -0.2) is 19.7 Å². The van der Waals surface area contributed by atoms with Crippen LogP contribution < -0.4 is 16.0 Å². The van der Waals surface area contributed by atoms with Crippen LogP contribution >= 0.6 is 11.6 Å². The number of imidazole rings is 1. The molecule has 0 aliphatic carbocycles. The Morgan fingerprint density at radius 3 is 2.52 bits per heavy atom. The standard InChI is InChI=1S/C22H20ClN7O/c1-14-18(23)4-3-5-19(14)29-22(31)28-17-8-6-16(7-9-17)27-20-12-21(26-15(2)25-20)30-11-10-24-13-30/h3-13H,1-2H3,(H,25,26,27)(H2,28,29,31). The summed E-state index contributed by atoms with van der Waals surface area (Å²) >= 11 is 6.10. The average molecular weight is 434 g/mol. The molecule has 0 radical (unpaired) electrons. The summed E-state index contributed by atoms with van der Waals surface area (Å²) in [6.07, 6.45) is 5.20. The third-order valence-corrected chi connectivity index (χ3v) is 4.93. The molecule has 2 amide bonds. The number of anilines is 4. The minimum absolute atomic E-state index is 0.345. The molecular formula is C22H20ClN7O. The number of carbonyl (C=O) groups is 1. The van der Waals surface area contributed by atoms with Gasteiger partial charge in [-0.2, -0.15) is 0 Å². The van der Waals surface area contributed by atoms with Crippen LogP contribution in [0.5, 0.6) is 0 Å². The summed E-state index contributed by atoms with van der Waals surface area (Å²) in [4.78, 5) is 25.2.